The van der Waals surface area contributed by atoms with Crippen LogP contribution in [0.4, 0.5) is 0 Å². The van der Waals surface area contributed by atoms with Crippen molar-refractivity contribution in [2.24, 2.45) is 5.92 Å². The van der Waals surface area contributed by atoms with Crippen LogP contribution in [-0.4, -0.2) is 24.3 Å². The molecule has 0 bridgehead atoms. The van der Waals surface area contributed by atoms with Crippen molar-refractivity contribution >= 4 is 0 Å². The van der Waals surface area contributed by atoms with Gasteiger partial charge in [0.1, 0.15) is 0 Å². The number of nitrogens with one attached hydrogen (secondary N) is 1. The van der Waals surface area contributed by atoms with E-state index in [0.29, 0.717) is 0 Å². The van der Waals surface area contributed by atoms with Crippen LogP contribution in [0.15, 0.2) is 0 Å². The van der Waals surface area contributed by atoms with E-state index in [2.05, 4.69) is 26.1 Å². The number of morpholine rings is 1. The molecule has 2 rings (SSSR count). The predicted octanol–water partition coefficient (Wildman–Crippen LogP) is 2.33. The SMILES string of the molecule is CC1(C)CNCC(C)(C2CCCC2)O1. The van der Waals surface area contributed by atoms with E-state index in [9.17, 15) is 0 Å². The molecule has 0 aromatic rings. The molecule has 1 aliphatic heterocycles. The van der Waals surface area contributed by atoms with Gasteiger partial charge in [0.05, 0.1) is 11.2 Å². The van der Waals surface area contributed by atoms with Crippen molar-refractivity contribution in [2.45, 2.75) is 57.7 Å². The highest BCUT2D eigenvalue weighted by Gasteiger charge is 2.43. The Kier molecular flexibility index (Phi) is 2.61. The van der Waals surface area contributed by atoms with E-state index < -0.39 is 0 Å². The fourth-order valence-corrected chi connectivity index (χ4v) is 3.08. The van der Waals surface area contributed by atoms with Crippen molar-refractivity contribution in [2.75, 3.05) is 13.1 Å². The molecule has 1 saturated heterocycles. The van der Waals surface area contributed by atoms with Crippen LogP contribution in [0.2, 0.25) is 0 Å². The van der Waals surface area contributed by atoms with Gasteiger partial charge in [-0.25, -0.2) is 0 Å². The highest BCUT2D eigenvalue weighted by molar-refractivity contribution is 4.95. The van der Waals surface area contributed by atoms with Crippen molar-refractivity contribution in [3.8, 4) is 0 Å². The minimum atomic E-state index is 0.00951. The summed E-state index contributed by atoms with van der Waals surface area (Å²) >= 11 is 0. The number of rotatable bonds is 1. The van der Waals surface area contributed by atoms with Crippen LogP contribution in [0.5, 0.6) is 0 Å². The van der Waals surface area contributed by atoms with E-state index in [4.69, 9.17) is 4.74 Å². The van der Waals surface area contributed by atoms with Crippen LogP contribution < -0.4 is 5.32 Å². The van der Waals surface area contributed by atoms with Gasteiger partial charge in [0.15, 0.2) is 0 Å². The van der Waals surface area contributed by atoms with Gasteiger partial charge < -0.3 is 10.1 Å². The van der Waals surface area contributed by atoms with Crippen LogP contribution in [0.25, 0.3) is 0 Å². The fraction of sp³-hybridized carbons (Fsp3) is 1.00. The van der Waals surface area contributed by atoms with E-state index in [0.717, 1.165) is 19.0 Å². The summed E-state index contributed by atoms with van der Waals surface area (Å²) in [6, 6.07) is 0. The Morgan fingerprint density at radius 1 is 1.07 bits per heavy atom. The lowest BCUT2D eigenvalue weighted by molar-refractivity contribution is -0.177. The average Bonchev–Trinajstić information content (AvgIpc) is 2.52. The summed E-state index contributed by atoms with van der Waals surface area (Å²) in [6.07, 6.45) is 5.50. The third-order valence-electron chi connectivity index (χ3n) is 3.75. The van der Waals surface area contributed by atoms with E-state index in [1.54, 1.807) is 0 Å². The molecule has 82 valence electrons. The zero-order valence-electron chi connectivity index (χ0n) is 9.73. The Balaban J connectivity index is 2.06. The summed E-state index contributed by atoms with van der Waals surface area (Å²) in [7, 11) is 0. The molecule has 0 amide bonds. The number of hydrogen-bond donors (Lipinski definition) is 1. The molecule has 0 radical (unpaired) electrons. The Labute approximate surface area is 87.4 Å². The molecule has 14 heavy (non-hydrogen) atoms. The molecular formula is C12H23NO. The van der Waals surface area contributed by atoms with Crippen molar-refractivity contribution < 1.29 is 4.74 Å². The molecule has 2 heteroatoms. The molecule has 1 heterocycles. The van der Waals surface area contributed by atoms with E-state index in [1.165, 1.54) is 25.7 Å². The van der Waals surface area contributed by atoms with Gasteiger partial charge in [-0.1, -0.05) is 12.8 Å². The first-order valence-electron chi connectivity index (χ1n) is 5.93. The van der Waals surface area contributed by atoms with Crippen molar-refractivity contribution in [3.63, 3.8) is 0 Å². The second kappa shape index (κ2) is 3.49. The molecule has 2 nitrogen and oxygen atoms in total. The topological polar surface area (TPSA) is 21.3 Å². The van der Waals surface area contributed by atoms with Gasteiger partial charge in [0.25, 0.3) is 0 Å². The van der Waals surface area contributed by atoms with Crippen LogP contribution in [0, 0.1) is 5.92 Å². The monoisotopic (exact) mass is 197 g/mol. The van der Waals surface area contributed by atoms with Crippen LogP contribution in [-0.2, 0) is 4.74 Å². The van der Waals surface area contributed by atoms with Crippen molar-refractivity contribution in [3.05, 3.63) is 0 Å². The number of hydrogen-bond acceptors (Lipinski definition) is 2. The largest absolute Gasteiger partial charge is 0.366 e. The maximum Gasteiger partial charge on any atom is 0.0814 e. The van der Waals surface area contributed by atoms with Gasteiger partial charge >= 0.3 is 0 Å². The van der Waals surface area contributed by atoms with Gasteiger partial charge in [-0.2, -0.15) is 0 Å². The smallest absolute Gasteiger partial charge is 0.0814 e. The lowest BCUT2D eigenvalue weighted by Crippen LogP contribution is -2.59. The van der Waals surface area contributed by atoms with Gasteiger partial charge in [0, 0.05) is 13.1 Å². The highest BCUT2D eigenvalue weighted by atomic mass is 16.5. The summed E-state index contributed by atoms with van der Waals surface area (Å²) in [6.45, 7) is 8.67. The van der Waals surface area contributed by atoms with Gasteiger partial charge in [-0.05, 0) is 39.5 Å². The maximum atomic E-state index is 6.28. The second-order valence-electron chi connectivity index (χ2n) is 5.76. The third kappa shape index (κ3) is 1.96. The predicted molar refractivity (Wildman–Crippen MR) is 58.4 cm³/mol. The molecule has 0 spiro atoms. The van der Waals surface area contributed by atoms with Gasteiger partial charge in [0.2, 0.25) is 0 Å². The Bertz CT molecular complexity index is 208. The Hall–Kier alpha value is -0.0800. The Morgan fingerprint density at radius 2 is 1.71 bits per heavy atom. The Morgan fingerprint density at radius 3 is 2.29 bits per heavy atom. The molecule has 1 unspecified atom stereocenters. The zero-order valence-corrected chi connectivity index (χ0v) is 9.73. The molecule has 1 aliphatic carbocycles. The first-order valence-corrected chi connectivity index (χ1v) is 5.93. The highest BCUT2D eigenvalue weighted by Crippen LogP contribution is 2.39. The third-order valence-corrected chi connectivity index (χ3v) is 3.75. The molecular weight excluding hydrogens is 174 g/mol. The number of ether oxygens (including phenoxy) is 1. The van der Waals surface area contributed by atoms with Gasteiger partial charge in [-0.3, -0.25) is 0 Å². The first kappa shape index (κ1) is 10.4. The van der Waals surface area contributed by atoms with Crippen LogP contribution in [0.1, 0.15) is 46.5 Å². The second-order valence-corrected chi connectivity index (χ2v) is 5.76. The van der Waals surface area contributed by atoms with E-state index in [1.807, 2.05) is 0 Å². The van der Waals surface area contributed by atoms with E-state index >= 15 is 0 Å². The summed E-state index contributed by atoms with van der Waals surface area (Å²) in [5.41, 5.74) is 0.0911. The standard InChI is InChI=1S/C12H23NO/c1-11(2)8-13-9-12(3,14-11)10-6-4-5-7-10/h10,13H,4-9H2,1-3H3. The summed E-state index contributed by atoms with van der Waals surface area (Å²) < 4.78 is 6.28. The van der Waals surface area contributed by atoms with E-state index in [-0.39, 0.29) is 11.2 Å². The van der Waals surface area contributed by atoms with Crippen molar-refractivity contribution in [1.29, 1.82) is 0 Å². The lowest BCUT2D eigenvalue weighted by atomic mass is 9.85. The summed E-state index contributed by atoms with van der Waals surface area (Å²) in [5, 5.41) is 3.52. The molecule has 2 aliphatic rings. The fourth-order valence-electron chi connectivity index (χ4n) is 3.08. The minimum Gasteiger partial charge on any atom is -0.366 e. The van der Waals surface area contributed by atoms with Crippen molar-refractivity contribution in [1.82, 2.24) is 5.32 Å². The first-order chi connectivity index (χ1) is 6.52. The lowest BCUT2D eigenvalue weighted by Gasteiger charge is -2.47. The molecule has 1 atom stereocenters. The molecule has 1 saturated carbocycles. The normalized spacial score (nSPS) is 38.8. The van der Waals surface area contributed by atoms with Crippen LogP contribution in [0.3, 0.4) is 0 Å². The minimum absolute atomic E-state index is 0.00951. The molecule has 1 N–H and O–H groups in total. The van der Waals surface area contributed by atoms with Gasteiger partial charge in [-0.15, -0.1) is 0 Å². The molecule has 2 fully saturated rings. The summed E-state index contributed by atoms with van der Waals surface area (Å²) in [5.74, 6) is 0.773. The molecule has 0 aromatic carbocycles. The summed E-state index contributed by atoms with van der Waals surface area (Å²) in [4.78, 5) is 0. The quantitative estimate of drug-likeness (QED) is 0.696. The molecule has 0 aromatic heterocycles. The maximum absolute atomic E-state index is 6.28. The van der Waals surface area contributed by atoms with Crippen LogP contribution >= 0.6 is 0 Å². The zero-order chi connectivity index (χ0) is 10.2. The average molecular weight is 197 g/mol.